The first-order chi connectivity index (χ1) is 7.59. The highest BCUT2D eigenvalue weighted by molar-refractivity contribution is 5.39. The summed E-state index contributed by atoms with van der Waals surface area (Å²) in [6, 6.07) is 6.56. The molecule has 16 heavy (non-hydrogen) atoms. The highest BCUT2D eigenvalue weighted by atomic mass is 16.5. The van der Waals surface area contributed by atoms with Crippen molar-refractivity contribution in [2.75, 3.05) is 19.8 Å². The van der Waals surface area contributed by atoms with E-state index in [9.17, 15) is 5.11 Å². The lowest BCUT2D eigenvalue weighted by Gasteiger charge is -2.41. The fourth-order valence-corrected chi connectivity index (χ4v) is 2.25. The van der Waals surface area contributed by atoms with Crippen LogP contribution in [0.2, 0.25) is 0 Å². The predicted molar refractivity (Wildman–Crippen MR) is 64.9 cm³/mol. The first-order valence-corrected chi connectivity index (χ1v) is 5.89. The van der Waals surface area contributed by atoms with Gasteiger partial charge >= 0.3 is 0 Å². The zero-order valence-corrected chi connectivity index (χ0v) is 10.3. The molecule has 2 heteroatoms. The maximum atomic E-state index is 9.56. The number of rotatable bonds is 3. The largest absolute Gasteiger partial charge is 0.395 e. The minimum absolute atomic E-state index is 0.144. The van der Waals surface area contributed by atoms with Crippen LogP contribution in [0.3, 0.4) is 0 Å². The van der Waals surface area contributed by atoms with E-state index >= 15 is 0 Å². The highest BCUT2D eigenvalue weighted by Crippen LogP contribution is 2.35. The summed E-state index contributed by atoms with van der Waals surface area (Å²) >= 11 is 0. The summed E-state index contributed by atoms with van der Waals surface area (Å²) in [6.07, 6.45) is 0. The normalized spacial score (nSPS) is 18.6. The summed E-state index contributed by atoms with van der Waals surface area (Å²) in [5.41, 5.74) is 3.70. The second-order valence-electron chi connectivity index (χ2n) is 5.16. The van der Waals surface area contributed by atoms with E-state index in [1.54, 1.807) is 0 Å². The van der Waals surface area contributed by atoms with Crippen LogP contribution in [0, 0.1) is 6.92 Å². The Hall–Kier alpha value is -0.860. The van der Waals surface area contributed by atoms with Crippen LogP contribution in [0.15, 0.2) is 18.2 Å². The van der Waals surface area contributed by atoms with Crippen LogP contribution in [0.1, 0.15) is 36.5 Å². The molecule has 88 valence electrons. The molecule has 2 rings (SSSR count). The van der Waals surface area contributed by atoms with E-state index in [4.69, 9.17) is 4.74 Å². The molecule has 0 aromatic heterocycles. The molecule has 0 aliphatic carbocycles. The maximum absolute atomic E-state index is 9.56. The SMILES string of the molecule is Cc1ccc(C(C)C)cc1C1(CO)COC1. The van der Waals surface area contributed by atoms with Crippen LogP contribution in [-0.2, 0) is 10.2 Å². The third-order valence-corrected chi connectivity index (χ3v) is 3.56. The third kappa shape index (κ3) is 1.76. The zero-order valence-electron chi connectivity index (χ0n) is 10.3. The standard InChI is InChI=1S/C14H20O2/c1-10(2)12-5-4-11(3)13(6-12)14(7-15)8-16-9-14/h4-6,10,15H,7-9H2,1-3H3. The van der Waals surface area contributed by atoms with Crippen molar-refractivity contribution >= 4 is 0 Å². The van der Waals surface area contributed by atoms with Gasteiger partial charge in [-0.15, -0.1) is 0 Å². The molecule has 1 saturated heterocycles. The Morgan fingerprint density at radius 1 is 1.38 bits per heavy atom. The number of ether oxygens (including phenoxy) is 1. The first kappa shape index (κ1) is 11.6. The molecule has 0 amide bonds. The molecule has 0 spiro atoms. The molecule has 1 aliphatic heterocycles. The van der Waals surface area contributed by atoms with Gasteiger partial charge in [0.1, 0.15) is 0 Å². The topological polar surface area (TPSA) is 29.5 Å². The summed E-state index contributed by atoms with van der Waals surface area (Å²) in [5.74, 6) is 0.524. The van der Waals surface area contributed by atoms with Crippen molar-refractivity contribution in [2.45, 2.75) is 32.1 Å². The van der Waals surface area contributed by atoms with Crippen molar-refractivity contribution < 1.29 is 9.84 Å². The molecule has 1 aromatic rings. The molecule has 0 unspecified atom stereocenters. The molecular formula is C14H20O2. The second-order valence-corrected chi connectivity index (χ2v) is 5.16. The first-order valence-electron chi connectivity index (χ1n) is 5.89. The lowest BCUT2D eigenvalue weighted by molar-refractivity contribution is -0.0844. The summed E-state index contributed by atoms with van der Waals surface area (Å²) in [7, 11) is 0. The molecule has 0 bridgehead atoms. The number of hydrogen-bond donors (Lipinski definition) is 1. The van der Waals surface area contributed by atoms with E-state index in [2.05, 4.69) is 39.0 Å². The van der Waals surface area contributed by atoms with Crippen molar-refractivity contribution in [3.05, 3.63) is 34.9 Å². The molecule has 2 nitrogen and oxygen atoms in total. The Kier molecular flexibility index (Phi) is 3.04. The van der Waals surface area contributed by atoms with E-state index in [0.29, 0.717) is 19.1 Å². The van der Waals surface area contributed by atoms with Crippen molar-refractivity contribution in [1.29, 1.82) is 0 Å². The zero-order chi connectivity index (χ0) is 11.8. The fraction of sp³-hybridized carbons (Fsp3) is 0.571. The Bertz CT molecular complexity index is 373. The summed E-state index contributed by atoms with van der Waals surface area (Å²) in [6.45, 7) is 7.96. The number of aliphatic hydroxyl groups excluding tert-OH is 1. The van der Waals surface area contributed by atoms with Gasteiger partial charge in [-0.2, -0.15) is 0 Å². The summed E-state index contributed by atoms with van der Waals surface area (Å²) < 4.78 is 5.28. The lowest BCUT2D eigenvalue weighted by atomic mass is 9.76. The van der Waals surface area contributed by atoms with Crippen LogP contribution in [0.5, 0.6) is 0 Å². The van der Waals surface area contributed by atoms with Gasteiger partial charge in [0.15, 0.2) is 0 Å². The van der Waals surface area contributed by atoms with E-state index in [1.807, 2.05) is 0 Å². The summed E-state index contributed by atoms with van der Waals surface area (Å²) in [4.78, 5) is 0. The van der Waals surface area contributed by atoms with Gasteiger partial charge in [0.2, 0.25) is 0 Å². The number of aryl methyl sites for hydroxylation is 1. The quantitative estimate of drug-likeness (QED) is 0.847. The van der Waals surface area contributed by atoms with Crippen LogP contribution in [-0.4, -0.2) is 24.9 Å². The minimum atomic E-state index is -0.144. The van der Waals surface area contributed by atoms with Gasteiger partial charge < -0.3 is 9.84 Å². The second kappa shape index (κ2) is 4.19. The van der Waals surface area contributed by atoms with E-state index in [0.717, 1.165) is 0 Å². The van der Waals surface area contributed by atoms with Gasteiger partial charge in [-0.3, -0.25) is 0 Å². The van der Waals surface area contributed by atoms with Crippen LogP contribution >= 0.6 is 0 Å². The molecule has 1 fully saturated rings. The fourth-order valence-electron chi connectivity index (χ4n) is 2.25. The Labute approximate surface area is 97.3 Å². The Balaban J connectivity index is 2.42. The molecular weight excluding hydrogens is 200 g/mol. The maximum Gasteiger partial charge on any atom is 0.0653 e. The number of aliphatic hydroxyl groups is 1. The molecule has 1 aliphatic rings. The predicted octanol–water partition coefficient (Wildman–Crippen LogP) is 2.38. The van der Waals surface area contributed by atoms with Crippen LogP contribution < -0.4 is 0 Å². The third-order valence-electron chi connectivity index (χ3n) is 3.56. The van der Waals surface area contributed by atoms with Crippen molar-refractivity contribution in [3.63, 3.8) is 0 Å². The van der Waals surface area contributed by atoms with Gasteiger partial charge in [-0.05, 0) is 29.5 Å². The minimum Gasteiger partial charge on any atom is -0.395 e. The van der Waals surface area contributed by atoms with Gasteiger partial charge in [0.25, 0.3) is 0 Å². The van der Waals surface area contributed by atoms with Crippen LogP contribution in [0.25, 0.3) is 0 Å². The highest BCUT2D eigenvalue weighted by Gasteiger charge is 2.40. The van der Waals surface area contributed by atoms with Gasteiger partial charge in [-0.25, -0.2) is 0 Å². The van der Waals surface area contributed by atoms with Crippen molar-refractivity contribution in [1.82, 2.24) is 0 Å². The number of benzene rings is 1. The van der Waals surface area contributed by atoms with Gasteiger partial charge in [0.05, 0.1) is 25.2 Å². The van der Waals surface area contributed by atoms with E-state index in [-0.39, 0.29) is 12.0 Å². The average molecular weight is 220 g/mol. The number of hydrogen-bond acceptors (Lipinski definition) is 2. The smallest absolute Gasteiger partial charge is 0.0653 e. The lowest BCUT2D eigenvalue weighted by Crippen LogP contribution is -2.50. The van der Waals surface area contributed by atoms with Crippen molar-refractivity contribution in [3.8, 4) is 0 Å². The molecule has 1 heterocycles. The van der Waals surface area contributed by atoms with Gasteiger partial charge in [0, 0.05) is 0 Å². The molecule has 1 aromatic carbocycles. The Morgan fingerprint density at radius 3 is 2.50 bits per heavy atom. The molecule has 0 atom stereocenters. The Morgan fingerprint density at radius 2 is 2.06 bits per heavy atom. The molecule has 0 radical (unpaired) electrons. The van der Waals surface area contributed by atoms with Gasteiger partial charge in [-0.1, -0.05) is 32.0 Å². The molecule has 0 saturated carbocycles. The molecule has 1 N–H and O–H groups in total. The van der Waals surface area contributed by atoms with E-state index in [1.165, 1.54) is 16.7 Å². The van der Waals surface area contributed by atoms with E-state index < -0.39 is 0 Å². The average Bonchev–Trinajstić information content (AvgIpc) is 2.19. The summed E-state index contributed by atoms with van der Waals surface area (Å²) in [5, 5.41) is 9.56. The van der Waals surface area contributed by atoms with Crippen molar-refractivity contribution in [2.24, 2.45) is 0 Å². The van der Waals surface area contributed by atoms with Crippen LogP contribution in [0.4, 0.5) is 0 Å². The monoisotopic (exact) mass is 220 g/mol.